The maximum absolute atomic E-state index is 6.33. The largest absolute Gasteiger partial charge is 0.331 e. The van der Waals surface area contributed by atoms with Crippen molar-refractivity contribution in [3.63, 3.8) is 0 Å². The summed E-state index contributed by atoms with van der Waals surface area (Å²) in [6.07, 6.45) is 7.98. The zero-order chi connectivity index (χ0) is 14.5. The van der Waals surface area contributed by atoms with Gasteiger partial charge in [-0.2, -0.15) is 0 Å². The molecule has 6 nitrogen and oxygen atoms in total. The summed E-state index contributed by atoms with van der Waals surface area (Å²) in [6, 6.07) is 10.2. The number of hydrogen-bond acceptors (Lipinski definition) is 4. The molecule has 2 aromatic heterocycles. The van der Waals surface area contributed by atoms with Crippen LogP contribution in [0.1, 0.15) is 17.3 Å². The Bertz CT molecular complexity index is 659. The Hall–Kier alpha value is -2.47. The van der Waals surface area contributed by atoms with Gasteiger partial charge in [0.05, 0.1) is 30.8 Å². The first-order chi connectivity index (χ1) is 10.3. The minimum absolute atomic E-state index is 0.0642. The lowest BCUT2D eigenvalue weighted by Gasteiger charge is -2.14. The Balaban J connectivity index is 1.66. The molecule has 0 aliphatic rings. The predicted molar refractivity (Wildman–Crippen MR) is 79.3 cm³/mol. The average Bonchev–Trinajstić information content (AvgIpc) is 3.17. The van der Waals surface area contributed by atoms with Crippen molar-refractivity contribution in [2.75, 3.05) is 0 Å². The first-order valence-electron chi connectivity index (χ1n) is 6.96. The van der Waals surface area contributed by atoms with E-state index in [1.165, 1.54) is 5.56 Å². The van der Waals surface area contributed by atoms with Crippen LogP contribution in [-0.2, 0) is 19.5 Å². The topological polar surface area (TPSA) is 74.5 Å². The first-order valence-corrected chi connectivity index (χ1v) is 6.96. The smallest absolute Gasteiger partial charge is 0.0949 e. The van der Waals surface area contributed by atoms with Crippen LogP contribution in [0, 0.1) is 0 Å². The third kappa shape index (κ3) is 3.35. The lowest BCUT2D eigenvalue weighted by molar-refractivity contribution is 0.497. The molecule has 3 aromatic rings. The third-order valence-electron chi connectivity index (χ3n) is 3.46. The summed E-state index contributed by atoms with van der Waals surface area (Å²) in [4.78, 5) is 4.22. The molecule has 0 fully saturated rings. The highest BCUT2D eigenvalue weighted by atomic mass is 15.4. The van der Waals surface area contributed by atoms with Gasteiger partial charge in [-0.25, -0.2) is 4.98 Å². The standard InChI is InChI=1S/C15H18N6/c16-14(10-13-4-2-1-3-5-13)15-11-17-12-20(15)8-9-21-7-6-18-19-21/h1-7,11-12,14H,8-10,16H2/t14-/m1/s1. The van der Waals surface area contributed by atoms with Gasteiger partial charge in [0, 0.05) is 18.9 Å². The van der Waals surface area contributed by atoms with E-state index in [9.17, 15) is 0 Å². The second-order valence-electron chi connectivity index (χ2n) is 4.97. The summed E-state index contributed by atoms with van der Waals surface area (Å²) in [6.45, 7) is 1.53. The molecule has 2 N–H and O–H groups in total. The van der Waals surface area contributed by atoms with E-state index in [2.05, 4.69) is 32.0 Å². The number of benzene rings is 1. The number of imidazole rings is 1. The third-order valence-corrected chi connectivity index (χ3v) is 3.46. The van der Waals surface area contributed by atoms with Gasteiger partial charge in [-0.05, 0) is 12.0 Å². The molecule has 108 valence electrons. The molecule has 2 heterocycles. The van der Waals surface area contributed by atoms with Gasteiger partial charge < -0.3 is 10.3 Å². The molecule has 1 atom stereocenters. The van der Waals surface area contributed by atoms with Gasteiger partial charge >= 0.3 is 0 Å². The molecule has 0 saturated carbocycles. The molecule has 0 radical (unpaired) electrons. The van der Waals surface area contributed by atoms with Crippen LogP contribution >= 0.6 is 0 Å². The lowest BCUT2D eigenvalue weighted by atomic mass is 10.0. The highest BCUT2D eigenvalue weighted by Crippen LogP contribution is 2.15. The molecule has 3 rings (SSSR count). The quantitative estimate of drug-likeness (QED) is 0.742. The fraction of sp³-hybridized carbons (Fsp3) is 0.267. The van der Waals surface area contributed by atoms with Crippen LogP contribution in [0.25, 0.3) is 0 Å². The van der Waals surface area contributed by atoms with E-state index in [1.807, 2.05) is 36.9 Å². The van der Waals surface area contributed by atoms with E-state index in [4.69, 9.17) is 5.73 Å². The van der Waals surface area contributed by atoms with Crippen molar-refractivity contribution in [3.8, 4) is 0 Å². The van der Waals surface area contributed by atoms with Gasteiger partial charge in [-0.3, -0.25) is 4.68 Å². The summed E-state index contributed by atoms with van der Waals surface area (Å²) in [5.74, 6) is 0. The molecule has 21 heavy (non-hydrogen) atoms. The fourth-order valence-corrected chi connectivity index (χ4v) is 2.36. The maximum atomic E-state index is 6.33. The normalized spacial score (nSPS) is 12.4. The van der Waals surface area contributed by atoms with Gasteiger partial charge in [0.25, 0.3) is 0 Å². The Morgan fingerprint density at radius 1 is 1.14 bits per heavy atom. The summed E-state index contributed by atoms with van der Waals surface area (Å²) in [7, 11) is 0. The summed E-state index contributed by atoms with van der Waals surface area (Å²) in [5.41, 5.74) is 8.60. The SMILES string of the molecule is N[C@H](Cc1ccccc1)c1cncn1CCn1ccnn1. The van der Waals surface area contributed by atoms with Crippen LogP contribution in [0.3, 0.4) is 0 Å². The Labute approximate surface area is 123 Å². The number of nitrogens with zero attached hydrogens (tertiary/aromatic N) is 5. The molecule has 0 aliphatic heterocycles. The van der Waals surface area contributed by atoms with E-state index in [0.29, 0.717) is 0 Å². The van der Waals surface area contributed by atoms with Crippen molar-refractivity contribution in [1.29, 1.82) is 0 Å². The predicted octanol–water partition coefficient (Wildman–Crippen LogP) is 1.42. The van der Waals surface area contributed by atoms with Gasteiger partial charge in [0.2, 0.25) is 0 Å². The summed E-state index contributed by atoms with van der Waals surface area (Å²) in [5, 5.41) is 7.76. The zero-order valence-electron chi connectivity index (χ0n) is 11.7. The van der Waals surface area contributed by atoms with Crippen molar-refractivity contribution in [2.45, 2.75) is 25.6 Å². The van der Waals surface area contributed by atoms with Gasteiger partial charge in [-0.15, -0.1) is 5.10 Å². The lowest BCUT2D eigenvalue weighted by Crippen LogP contribution is -2.19. The van der Waals surface area contributed by atoms with Gasteiger partial charge in [0.1, 0.15) is 0 Å². The van der Waals surface area contributed by atoms with Crippen molar-refractivity contribution in [2.24, 2.45) is 5.73 Å². The van der Waals surface area contributed by atoms with E-state index < -0.39 is 0 Å². The van der Waals surface area contributed by atoms with Gasteiger partial charge in [0.15, 0.2) is 0 Å². The van der Waals surface area contributed by atoms with E-state index in [0.717, 1.165) is 25.2 Å². The molecule has 6 heteroatoms. The number of hydrogen-bond donors (Lipinski definition) is 1. The molecule has 0 saturated heterocycles. The van der Waals surface area contributed by atoms with Crippen LogP contribution in [0.2, 0.25) is 0 Å². The monoisotopic (exact) mass is 282 g/mol. The van der Waals surface area contributed by atoms with Crippen LogP contribution in [-0.4, -0.2) is 24.5 Å². The number of aryl methyl sites for hydroxylation is 2. The Morgan fingerprint density at radius 3 is 2.76 bits per heavy atom. The van der Waals surface area contributed by atoms with Gasteiger partial charge in [-0.1, -0.05) is 35.5 Å². The highest BCUT2D eigenvalue weighted by Gasteiger charge is 2.12. The van der Waals surface area contributed by atoms with Crippen molar-refractivity contribution in [1.82, 2.24) is 24.5 Å². The van der Waals surface area contributed by atoms with E-state index in [1.54, 1.807) is 10.9 Å². The molecule has 0 bridgehead atoms. The minimum atomic E-state index is -0.0642. The molecule has 0 aliphatic carbocycles. The molecule has 0 unspecified atom stereocenters. The zero-order valence-corrected chi connectivity index (χ0v) is 11.7. The second-order valence-corrected chi connectivity index (χ2v) is 4.97. The van der Waals surface area contributed by atoms with E-state index >= 15 is 0 Å². The molecular formula is C15H18N6. The van der Waals surface area contributed by atoms with Crippen molar-refractivity contribution in [3.05, 3.63) is 66.5 Å². The number of rotatable bonds is 6. The average molecular weight is 282 g/mol. The van der Waals surface area contributed by atoms with Crippen LogP contribution in [0.5, 0.6) is 0 Å². The molecule has 1 aromatic carbocycles. The fourth-order valence-electron chi connectivity index (χ4n) is 2.36. The highest BCUT2D eigenvalue weighted by molar-refractivity contribution is 5.18. The Morgan fingerprint density at radius 2 is 2.00 bits per heavy atom. The summed E-state index contributed by atoms with van der Waals surface area (Å²) >= 11 is 0. The molecule has 0 amide bonds. The van der Waals surface area contributed by atoms with E-state index in [-0.39, 0.29) is 6.04 Å². The van der Waals surface area contributed by atoms with Crippen LogP contribution < -0.4 is 5.73 Å². The molecular weight excluding hydrogens is 264 g/mol. The second kappa shape index (κ2) is 6.32. The van der Waals surface area contributed by atoms with Crippen LogP contribution in [0.15, 0.2) is 55.2 Å². The minimum Gasteiger partial charge on any atom is -0.331 e. The van der Waals surface area contributed by atoms with Crippen LogP contribution in [0.4, 0.5) is 0 Å². The first kappa shape index (κ1) is 13.5. The number of aromatic nitrogens is 5. The van der Waals surface area contributed by atoms with Crippen molar-refractivity contribution >= 4 is 0 Å². The summed E-state index contributed by atoms with van der Waals surface area (Å²) < 4.78 is 3.88. The molecule has 0 spiro atoms. The van der Waals surface area contributed by atoms with Crippen molar-refractivity contribution < 1.29 is 0 Å². The maximum Gasteiger partial charge on any atom is 0.0949 e. The Kier molecular flexibility index (Phi) is 4.07. The number of nitrogens with two attached hydrogens (primary N) is 1.